The number of nitrogens with zero attached hydrogens (tertiary/aromatic N) is 1. The first-order chi connectivity index (χ1) is 25.5. The van der Waals surface area contributed by atoms with Crippen molar-refractivity contribution in [2.24, 2.45) is 0 Å². The second-order valence-electron chi connectivity index (χ2n) is 13.2. The molecule has 54 heavy (non-hydrogen) atoms. The summed E-state index contributed by atoms with van der Waals surface area (Å²) in [7, 11) is 0. The van der Waals surface area contributed by atoms with Crippen LogP contribution >= 0.6 is 34.0 Å². The average Bonchev–Trinajstić information content (AvgIpc) is 3.81. The minimum Gasteiger partial charge on any atom is -0.650 e. The van der Waals surface area contributed by atoms with Crippen molar-refractivity contribution >= 4 is 62.9 Å². The van der Waals surface area contributed by atoms with Gasteiger partial charge >= 0.3 is 6.48 Å². The van der Waals surface area contributed by atoms with Gasteiger partial charge in [0.05, 0.1) is 17.2 Å². The SMILES string of the molecule is CCCCCC[N+]1=C(C)C=C(c2cc(-c3cc(C)sc3C)c(-c3cc(C)sc3C)s2)O[B-]1(c1c(F)c(F)c(F)c(F)c1F)c1c(F)c(F)c(F)c(F)c1F. The van der Waals surface area contributed by atoms with E-state index in [2.05, 4.69) is 0 Å². The van der Waals surface area contributed by atoms with Crippen LogP contribution in [0.5, 0.6) is 0 Å². The second kappa shape index (κ2) is 15.0. The predicted molar refractivity (Wildman–Crippen MR) is 196 cm³/mol. The summed E-state index contributed by atoms with van der Waals surface area (Å²) in [5.74, 6) is -25.7. The molecule has 0 amide bonds. The fourth-order valence-corrected chi connectivity index (χ4v) is 10.3. The van der Waals surface area contributed by atoms with Crippen LogP contribution in [-0.4, -0.2) is 23.2 Å². The summed E-state index contributed by atoms with van der Waals surface area (Å²) in [6.45, 7) is 5.75. The first kappa shape index (κ1) is 39.8. The number of thiophene rings is 3. The lowest BCUT2D eigenvalue weighted by atomic mass is 9.39. The Morgan fingerprint density at radius 3 is 1.46 bits per heavy atom. The molecule has 0 fully saturated rings. The maximum Gasteiger partial charge on any atom is 0.520 e. The monoisotopic (exact) mass is 815 g/mol. The lowest BCUT2D eigenvalue weighted by Gasteiger charge is -2.43. The Kier molecular flexibility index (Phi) is 11.0. The lowest BCUT2D eigenvalue weighted by molar-refractivity contribution is -0.411. The van der Waals surface area contributed by atoms with Crippen molar-refractivity contribution in [3.63, 3.8) is 0 Å². The van der Waals surface area contributed by atoms with Gasteiger partial charge in [0.25, 0.3) is 0 Å². The van der Waals surface area contributed by atoms with Crippen molar-refractivity contribution in [3.05, 3.63) is 107 Å². The predicted octanol–water partition coefficient (Wildman–Crippen LogP) is 11.5. The largest absolute Gasteiger partial charge is 0.650 e. The fraction of sp³-hybridized carbons (Fsp3) is 0.289. The molecule has 0 atom stereocenters. The van der Waals surface area contributed by atoms with E-state index in [4.69, 9.17) is 4.65 Å². The zero-order chi connectivity index (χ0) is 39.5. The van der Waals surface area contributed by atoms with Crippen molar-refractivity contribution in [3.8, 4) is 21.6 Å². The minimum absolute atomic E-state index is 0.0535. The molecule has 1 aliphatic heterocycles. The average molecular weight is 816 g/mol. The van der Waals surface area contributed by atoms with Crippen molar-refractivity contribution in [2.75, 3.05) is 6.54 Å². The number of halogens is 10. The van der Waals surface area contributed by atoms with Gasteiger partial charge in [-0.05, 0) is 68.8 Å². The highest BCUT2D eigenvalue weighted by atomic mass is 32.1. The van der Waals surface area contributed by atoms with Gasteiger partial charge in [0.15, 0.2) is 34.9 Å². The number of benzene rings is 2. The molecule has 3 aromatic heterocycles. The van der Waals surface area contributed by atoms with E-state index in [0.717, 1.165) is 46.5 Å². The summed E-state index contributed by atoms with van der Waals surface area (Å²) in [5, 5.41) is 0. The molecule has 2 nitrogen and oxygen atoms in total. The minimum atomic E-state index is -4.72. The molecular formula is C38H32BF10NOS3. The molecule has 6 rings (SSSR count). The van der Waals surface area contributed by atoms with E-state index in [9.17, 15) is 8.78 Å². The summed E-state index contributed by atoms with van der Waals surface area (Å²) in [5.41, 5.74) is -1.49. The Balaban J connectivity index is 1.74. The number of aryl methyl sites for hydroxylation is 4. The van der Waals surface area contributed by atoms with Crippen molar-refractivity contribution in [1.29, 1.82) is 0 Å². The third-order valence-corrected chi connectivity index (χ3v) is 12.8. The lowest BCUT2D eigenvalue weighted by Crippen LogP contribution is -2.74. The molecule has 0 unspecified atom stereocenters. The van der Waals surface area contributed by atoms with E-state index in [1.165, 1.54) is 35.7 Å². The summed E-state index contributed by atoms with van der Waals surface area (Å²) in [4.78, 5) is 4.74. The van der Waals surface area contributed by atoms with Crippen LogP contribution < -0.4 is 10.9 Å². The molecule has 1 aliphatic rings. The van der Waals surface area contributed by atoms with Crippen molar-refractivity contribution in [2.45, 2.75) is 67.2 Å². The van der Waals surface area contributed by atoms with Gasteiger partial charge in [0.2, 0.25) is 0 Å². The van der Waals surface area contributed by atoms with Crippen LogP contribution in [0.15, 0.2) is 24.3 Å². The Bertz CT molecular complexity index is 2200. The molecule has 0 N–H and O–H groups in total. The van der Waals surface area contributed by atoms with Gasteiger partial charge in [0.1, 0.15) is 29.0 Å². The molecule has 0 aliphatic carbocycles. The number of allylic oxidation sites excluding steroid dienone is 1. The van der Waals surface area contributed by atoms with Gasteiger partial charge in [-0.3, -0.25) is 0 Å². The van der Waals surface area contributed by atoms with Crippen LogP contribution in [0, 0.1) is 85.9 Å². The Hall–Kier alpha value is -3.89. The molecule has 0 spiro atoms. The van der Waals surface area contributed by atoms with Crippen LogP contribution in [0.3, 0.4) is 0 Å². The maximum absolute atomic E-state index is 16.2. The highest BCUT2D eigenvalue weighted by molar-refractivity contribution is 7.18. The summed E-state index contributed by atoms with van der Waals surface area (Å²) < 4.78 is 162. The molecule has 4 heterocycles. The van der Waals surface area contributed by atoms with Gasteiger partial charge in [-0.1, -0.05) is 19.8 Å². The quantitative estimate of drug-likeness (QED) is 0.0450. The molecule has 0 saturated heterocycles. The van der Waals surface area contributed by atoms with Crippen LogP contribution in [-0.2, 0) is 4.65 Å². The van der Waals surface area contributed by atoms with E-state index in [-0.39, 0.29) is 22.8 Å². The van der Waals surface area contributed by atoms with Crippen LogP contribution in [0.4, 0.5) is 43.9 Å². The number of hydrogen-bond acceptors (Lipinski definition) is 4. The van der Waals surface area contributed by atoms with E-state index >= 15 is 35.1 Å². The number of unbranched alkanes of at least 4 members (excludes halogenated alkanes) is 3. The molecule has 2 aromatic carbocycles. The van der Waals surface area contributed by atoms with E-state index < -0.39 is 82.1 Å². The first-order valence-electron chi connectivity index (χ1n) is 16.9. The molecule has 16 heteroatoms. The van der Waals surface area contributed by atoms with Gasteiger partial charge in [-0.15, -0.1) is 34.0 Å². The highest BCUT2D eigenvalue weighted by Crippen LogP contribution is 2.48. The molecule has 0 radical (unpaired) electrons. The molecule has 0 bridgehead atoms. The number of hydrogen-bond donors (Lipinski definition) is 0. The topological polar surface area (TPSA) is 12.2 Å². The summed E-state index contributed by atoms with van der Waals surface area (Å²) >= 11 is 4.17. The van der Waals surface area contributed by atoms with Gasteiger partial charge in [-0.2, -0.15) is 0 Å². The normalized spacial score (nSPS) is 14.3. The first-order valence-corrected chi connectivity index (χ1v) is 19.4. The Labute approximate surface area is 317 Å². The fourth-order valence-electron chi connectivity index (χ4n) is 7.21. The molecule has 0 saturated carbocycles. The zero-order valence-corrected chi connectivity index (χ0v) is 32.2. The highest BCUT2D eigenvalue weighted by Gasteiger charge is 2.58. The van der Waals surface area contributed by atoms with Crippen LogP contribution in [0.1, 0.15) is 63.9 Å². The summed E-state index contributed by atoms with van der Waals surface area (Å²) in [6.07, 6.45) is 3.21. The maximum atomic E-state index is 16.2. The van der Waals surface area contributed by atoms with Gasteiger partial charge < -0.3 is 9.14 Å². The standard InChI is InChI=1S/C38H32BF10NOS3/c1-7-8-9-10-11-50-16(2)12-24(25-15-23(21-13-17(3)52-19(21)5)38(54-25)22-14-18(4)53-20(22)6)51-39(50,26-28(40)32(44)36(48)33(45)29(26)41)27-30(42)34(46)37(49)35(47)31(27)43/h12-15H,7-11H2,1-6H3. The van der Waals surface area contributed by atoms with Gasteiger partial charge in [0, 0.05) is 54.9 Å². The molecular weight excluding hydrogens is 783 g/mol. The van der Waals surface area contributed by atoms with Crippen molar-refractivity contribution in [1.82, 2.24) is 0 Å². The van der Waals surface area contributed by atoms with E-state index in [0.29, 0.717) is 29.7 Å². The van der Waals surface area contributed by atoms with E-state index in [1.54, 1.807) is 6.07 Å². The Morgan fingerprint density at radius 1 is 0.556 bits per heavy atom. The third-order valence-electron chi connectivity index (χ3n) is 9.64. The smallest absolute Gasteiger partial charge is 0.520 e. The molecule has 5 aromatic rings. The van der Waals surface area contributed by atoms with Crippen LogP contribution in [0.25, 0.3) is 27.3 Å². The Morgan fingerprint density at radius 2 is 1.02 bits per heavy atom. The number of rotatable bonds is 10. The third kappa shape index (κ3) is 6.41. The zero-order valence-electron chi connectivity index (χ0n) is 29.8. The molecule has 286 valence electrons. The van der Waals surface area contributed by atoms with E-state index in [1.807, 2.05) is 46.8 Å². The van der Waals surface area contributed by atoms with Gasteiger partial charge in [-0.25, -0.2) is 43.9 Å². The van der Waals surface area contributed by atoms with Crippen molar-refractivity contribution < 1.29 is 53.0 Å². The summed E-state index contributed by atoms with van der Waals surface area (Å²) in [6, 6.07) is 5.57. The van der Waals surface area contributed by atoms with Crippen LogP contribution in [0.2, 0.25) is 0 Å². The second-order valence-corrected chi connectivity index (χ2v) is 17.2.